The van der Waals surface area contributed by atoms with Crippen molar-refractivity contribution in [3.05, 3.63) is 96.2 Å². The molecule has 0 N–H and O–H groups in total. The van der Waals surface area contributed by atoms with E-state index in [-0.39, 0.29) is 5.04 Å². The van der Waals surface area contributed by atoms with Crippen molar-refractivity contribution in [1.29, 1.82) is 0 Å². The van der Waals surface area contributed by atoms with Gasteiger partial charge in [0.25, 0.3) is 8.32 Å². The molecule has 0 unspecified atom stereocenters. The van der Waals surface area contributed by atoms with Gasteiger partial charge in [-0.25, -0.2) is 9.97 Å². The van der Waals surface area contributed by atoms with Crippen LogP contribution >= 0.6 is 11.6 Å². The van der Waals surface area contributed by atoms with Crippen LogP contribution in [-0.2, 0) is 17.5 Å². The molecule has 4 aromatic rings. The molecular formula is C33H40ClN5OSi. The fourth-order valence-electron chi connectivity index (χ4n) is 6.16. The number of fused-ring (bicyclic) bond motifs is 1. The molecule has 1 aliphatic heterocycles. The van der Waals surface area contributed by atoms with E-state index >= 15 is 0 Å². The first-order valence-corrected chi connectivity index (χ1v) is 17.1. The Balaban J connectivity index is 1.18. The Bertz CT molecular complexity index is 1460. The number of imidazole rings is 1. The van der Waals surface area contributed by atoms with Crippen LogP contribution in [0.1, 0.15) is 52.3 Å². The van der Waals surface area contributed by atoms with Gasteiger partial charge in [0.05, 0.1) is 18.2 Å². The first-order chi connectivity index (χ1) is 19.8. The van der Waals surface area contributed by atoms with Crippen LogP contribution in [-0.4, -0.2) is 52.0 Å². The summed E-state index contributed by atoms with van der Waals surface area (Å²) in [7, 11) is -2.53. The van der Waals surface area contributed by atoms with Crippen molar-refractivity contribution >= 4 is 41.5 Å². The Labute approximate surface area is 249 Å². The fourth-order valence-corrected chi connectivity index (χ4v) is 10.9. The maximum Gasteiger partial charge on any atom is 0.261 e. The molecular weight excluding hydrogens is 546 g/mol. The van der Waals surface area contributed by atoms with Gasteiger partial charge in [0, 0.05) is 37.8 Å². The lowest BCUT2D eigenvalue weighted by Gasteiger charge is -2.43. The number of pyridine rings is 1. The van der Waals surface area contributed by atoms with Crippen molar-refractivity contribution in [1.82, 2.24) is 24.3 Å². The molecule has 1 fully saturated rings. The van der Waals surface area contributed by atoms with Gasteiger partial charge in [0.2, 0.25) is 0 Å². The van der Waals surface area contributed by atoms with E-state index in [9.17, 15) is 0 Å². The molecule has 6 nitrogen and oxygen atoms in total. The summed E-state index contributed by atoms with van der Waals surface area (Å²) in [5.74, 6) is 1.03. The summed E-state index contributed by atoms with van der Waals surface area (Å²) < 4.78 is 9.40. The molecule has 0 radical (unpaired) electrons. The second-order valence-electron chi connectivity index (χ2n) is 12.3. The highest BCUT2D eigenvalue weighted by Gasteiger charge is 2.49. The lowest BCUT2D eigenvalue weighted by molar-refractivity contribution is 0.247. The van der Waals surface area contributed by atoms with Crippen LogP contribution in [0.3, 0.4) is 0 Å². The smallest absolute Gasteiger partial charge is 0.261 e. The molecule has 0 spiro atoms. The molecule has 0 atom stereocenters. The molecule has 0 amide bonds. The Kier molecular flexibility index (Phi) is 7.94. The Morgan fingerprint density at radius 1 is 0.951 bits per heavy atom. The van der Waals surface area contributed by atoms with Crippen LogP contribution < -0.4 is 10.4 Å². The average molecular weight is 586 g/mol. The van der Waals surface area contributed by atoms with Crippen molar-refractivity contribution in [3.8, 4) is 0 Å². The quantitative estimate of drug-likeness (QED) is 0.156. The van der Waals surface area contributed by atoms with Crippen molar-refractivity contribution in [2.45, 2.75) is 70.6 Å². The molecule has 214 valence electrons. The van der Waals surface area contributed by atoms with Gasteiger partial charge < -0.3 is 18.8 Å². The minimum absolute atomic E-state index is 0.0236. The van der Waals surface area contributed by atoms with Gasteiger partial charge in [-0.15, -0.1) is 0 Å². The van der Waals surface area contributed by atoms with Crippen LogP contribution in [0.4, 0.5) is 0 Å². The lowest BCUT2D eigenvalue weighted by Crippen LogP contribution is -2.66. The van der Waals surface area contributed by atoms with Gasteiger partial charge in [-0.05, 0) is 47.2 Å². The SMILES string of the molecule is CC(C)(C)[Si](OCCCCn1c(CN2C=CN(C3CC3)C2)nc2cc(Cl)cnc21)(c1ccccc1)c1ccccc1. The normalized spacial score (nSPS) is 15.8. The summed E-state index contributed by atoms with van der Waals surface area (Å²) in [5, 5.41) is 3.24. The van der Waals surface area contributed by atoms with E-state index in [1.807, 2.05) is 6.07 Å². The highest BCUT2D eigenvalue weighted by atomic mass is 35.5. The Morgan fingerprint density at radius 3 is 2.27 bits per heavy atom. The predicted molar refractivity (Wildman–Crippen MR) is 170 cm³/mol. The molecule has 2 aromatic heterocycles. The van der Waals surface area contributed by atoms with Crippen LogP contribution in [0.5, 0.6) is 0 Å². The molecule has 6 rings (SSSR count). The van der Waals surface area contributed by atoms with E-state index < -0.39 is 8.32 Å². The van der Waals surface area contributed by atoms with Gasteiger partial charge >= 0.3 is 0 Å². The largest absolute Gasteiger partial charge is 0.407 e. The Hall–Kier alpha value is -3.13. The molecule has 0 saturated heterocycles. The Morgan fingerprint density at radius 2 is 1.63 bits per heavy atom. The number of hydrogen-bond acceptors (Lipinski definition) is 5. The average Bonchev–Trinajstić information content (AvgIpc) is 3.62. The molecule has 1 saturated carbocycles. The first-order valence-electron chi connectivity index (χ1n) is 14.8. The number of unbranched alkanes of at least 4 members (excludes halogenated alkanes) is 1. The molecule has 2 aromatic carbocycles. The third kappa shape index (κ3) is 5.81. The van der Waals surface area contributed by atoms with Crippen molar-refractivity contribution in [2.75, 3.05) is 13.3 Å². The number of benzene rings is 2. The van der Waals surface area contributed by atoms with Gasteiger partial charge in [0.1, 0.15) is 11.3 Å². The summed E-state index contributed by atoms with van der Waals surface area (Å²) in [6, 6.07) is 24.4. The first kappa shape index (κ1) is 28.0. The third-order valence-corrected chi connectivity index (χ3v) is 13.6. The van der Waals surface area contributed by atoms with Crippen molar-refractivity contribution in [2.24, 2.45) is 0 Å². The number of aromatic nitrogens is 3. The second-order valence-corrected chi connectivity index (χ2v) is 17.1. The van der Waals surface area contributed by atoms with Crippen LogP contribution in [0.2, 0.25) is 10.1 Å². The number of hydrogen-bond donors (Lipinski definition) is 0. The maximum absolute atomic E-state index is 7.12. The standard InChI is InChI=1S/C33H40ClN5OSi/c1-33(2,3)41(28-12-6-4-7-13-28,29-14-8-5-9-15-29)40-21-11-10-18-39-31(36-30-22-26(34)23-35-32(30)39)24-37-19-20-38(25-37)27-16-17-27/h4-9,12-15,19-20,22-23,27H,10-11,16-18,21,24-25H2,1-3H3. The fraction of sp³-hybridized carbons (Fsp3) is 0.394. The van der Waals surface area contributed by atoms with Gasteiger partial charge in [-0.2, -0.15) is 0 Å². The highest BCUT2D eigenvalue weighted by molar-refractivity contribution is 6.99. The summed E-state index contributed by atoms with van der Waals surface area (Å²) in [6.45, 7) is 10.2. The van der Waals surface area contributed by atoms with Gasteiger partial charge in [-0.3, -0.25) is 0 Å². The molecule has 41 heavy (non-hydrogen) atoms. The van der Waals surface area contributed by atoms with Crippen molar-refractivity contribution in [3.63, 3.8) is 0 Å². The zero-order chi connectivity index (χ0) is 28.5. The molecule has 2 aliphatic rings. The van der Waals surface area contributed by atoms with Gasteiger partial charge in [0.15, 0.2) is 5.65 Å². The monoisotopic (exact) mass is 585 g/mol. The van der Waals surface area contributed by atoms with Crippen molar-refractivity contribution < 1.29 is 4.43 Å². The van der Waals surface area contributed by atoms with Crippen LogP contribution in [0.15, 0.2) is 85.3 Å². The molecule has 8 heteroatoms. The number of rotatable bonds is 11. The topological polar surface area (TPSA) is 46.4 Å². The summed E-state index contributed by atoms with van der Waals surface area (Å²) in [4.78, 5) is 14.4. The number of halogens is 1. The second kappa shape index (κ2) is 11.6. The van der Waals surface area contributed by atoms with E-state index in [0.717, 1.165) is 49.6 Å². The zero-order valence-corrected chi connectivity index (χ0v) is 26.1. The van der Waals surface area contributed by atoms with E-state index in [1.54, 1.807) is 6.20 Å². The molecule has 3 heterocycles. The number of aryl methyl sites for hydroxylation is 1. The zero-order valence-electron chi connectivity index (χ0n) is 24.3. The highest BCUT2D eigenvalue weighted by Crippen LogP contribution is 2.37. The third-order valence-electron chi connectivity index (χ3n) is 8.32. The predicted octanol–water partition coefficient (Wildman–Crippen LogP) is 6.15. The summed E-state index contributed by atoms with van der Waals surface area (Å²) >= 11 is 6.28. The summed E-state index contributed by atoms with van der Waals surface area (Å²) in [6.07, 6.45) is 10.7. The van der Waals surface area contributed by atoms with E-state index in [2.05, 4.69) is 113 Å². The van der Waals surface area contributed by atoms with E-state index in [0.29, 0.717) is 17.7 Å². The minimum Gasteiger partial charge on any atom is -0.407 e. The molecule has 1 aliphatic carbocycles. The van der Waals surface area contributed by atoms with E-state index in [4.69, 9.17) is 21.0 Å². The molecule has 0 bridgehead atoms. The maximum atomic E-state index is 7.12. The van der Waals surface area contributed by atoms with Gasteiger partial charge in [-0.1, -0.05) is 93.0 Å². The minimum atomic E-state index is -2.53. The number of nitrogens with zero attached hydrogens (tertiary/aromatic N) is 5. The lowest BCUT2D eigenvalue weighted by atomic mass is 10.2. The van der Waals surface area contributed by atoms with Crippen LogP contribution in [0.25, 0.3) is 11.2 Å². The summed E-state index contributed by atoms with van der Waals surface area (Å²) in [5.41, 5.74) is 1.76. The van der Waals surface area contributed by atoms with E-state index in [1.165, 1.54) is 23.2 Å². The van der Waals surface area contributed by atoms with Crippen LogP contribution in [0, 0.1) is 0 Å².